The largest absolute Gasteiger partial charge is 0.496 e. The second-order valence-electron chi connectivity index (χ2n) is 7.74. The number of rotatable bonds is 3. The van der Waals surface area contributed by atoms with Crippen LogP contribution in [0.5, 0.6) is 5.75 Å². The number of nitrogens with two attached hydrogens (primary N) is 1. The van der Waals surface area contributed by atoms with Gasteiger partial charge in [0.05, 0.1) is 12.8 Å². The molecule has 1 aromatic carbocycles. The Bertz CT molecular complexity index is 742. The number of H-pyrrole nitrogens is 1. The Kier molecular flexibility index (Phi) is 4.49. The highest BCUT2D eigenvalue weighted by molar-refractivity contribution is 5.69. The zero-order chi connectivity index (χ0) is 18.2. The van der Waals surface area contributed by atoms with E-state index in [2.05, 4.69) is 35.9 Å². The molecule has 0 aliphatic carbocycles. The molecule has 1 fully saturated rings. The van der Waals surface area contributed by atoms with E-state index in [1.807, 2.05) is 12.1 Å². The molecule has 0 amide bonds. The van der Waals surface area contributed by atoms with Gasteiger partial charge >= 0.3 is 0 Å². The summed E-state index contributed by atoms with van der Waals surface area (Å²) < 4.78 is 21.1. The lowest BCUT2D eigenvalue weighted by Gasteiger charge is -2.43. The highest BCUT2D eigenvalue weighted by Gasteiger charge is 2.39. The molecule has 1 saturated heterocycles. The first-order chi connectivity index (χ1) is 11.7. The fourth-order valence-corrected chi connectivity index (χ4v) is 3.49. The van der Waals surface area contributed by atoms with Crippen LogP contribution in [-0.4, -0.2) is 40.8 Å². The number of hydrogen-bond donors (Lipinski definition) is 2. The van der Waals surface area contributed by atoms with Crippen LogP contribution in [-0.2, 0) is 5.67 Å². The summed E-state index contributed by atoms with van der Waals surface area (Å²) in [5.74, 6) is 1.04. The van der Waals surface area contributed by atoms with Gasteiger partial charge in [0, 0.05) is 30.3 Å². The van der Waals surface area contributed by atoms with Gasteiger partial charge in [-0.1, -0.05) is 6.07 Å². The van der Waals surface area contributed by atoms with Crippen LogP contribution in [0.15, 0.2) is 24.3 Å². The van der Waals surface area contributed by atoms with Crippen LogP contribution in [0.4, 0.5) is 10.2 Å². The molecule has 1 aliphatic rings. The molecule has 0 radical (unpaired) electrons. The number of piperidine rings is 1. The number of methoxy groups -OCH3 is 1. The van der Waals surface area contributed by atoms with E-state index in [9.17, 15) is 0 Å². The van der Waals surface area contributed by atoms with E-state index in [0.717, 1.165) is 24.3 Å². The van der Waals surface area contributed by atoms with Crippen molar-refractivity contribution < 1.29 is 9.13 Å². The number of alkyl halides is 1. The van der Waals surface area contributed by atoms with Crippen molar-refractivity contribution >= 4 is 5.82 Å². The number of halogens is 1. The number of ether oxygens (including phenoxy) is 1. The highest BCUT2D eigenvalue weighted by Crippen LogP contribution is 2.41. The Balaban J connectivity index is 1.86. The summed E-state index contributed by atoms with van der Waals surface area (Å²) in [6.45, 7) is 8.02. The molecular weight excluding hydrogens is 319 g/mol. The molecule has 6 heteroatoms. The smallest absolute Gasteiger partial charge is 0.145 e. The molecule has 0 saturated carbocycles. The predicted molar refractivity (Wildman–Crippen MR) is 98.3 cm³/mol. The number of likely N-dealkylation sites (tertiary alicyclic amines) is 1. The molecule has 5 nitrogen and oxygen atoms in total. The second-order valence-corrected chi connectivity index (χ2v) is 7.74. The number of nitrogens with one attached hydrogen (secondary N) is 1. The van der Waals surface area contributed by atoms with Gasteiger partial charge in [0.25, 0.3) is 0 Å². The summed E-state index contributed by atoms with van der Waals surface area (Å²) in [5, 5.41) is 6.82. The summed E-state index contributed by atoms with van der Waals surface area (Å²) in [5.41, 5.74) is 6.69. The second kappa shape index (κ2) is 6.33. The van der Waals surface area contributed by atoms with Gasteiger partial charge in [-0.05, 0) is 51.3 Å². The molecule has 2 heterocycles. The van der Waals surface area contributed by atoms with E-state index in [-0.39, 0.29) is 5.54 Å². The van der Waals surface area contributed by atoms with Gasteiger partial charge in [-0.15, -0.1) is 0 Å². The number of aromatic amines is 1. The van der Waals surface area contributed by atoms with Crippen molar-refractivity contribution in [3.63, 3.8) is 0 Å². The molecule has 1 aliphatic heterocycles. The third-order valence-electron chi connectivity index (χ3n) is 5.11. The number of nitrogens with zero attached hydrogens (tertiary/aromatic N) is 2. The van der Waals surface area contributed by atoms with Crippen molar-refractivity contribution in [2.45, 2.75) is 44.8 Å². The van der Waals surface area contributed by atoms with Crippen LogP contribution in [0.1, 0.15) is 39.2 Å². The summed E-state index contributed by atoms with van der Waals surface area (Å²) in [4.78, 5) is 2.34. The maximum Gasteiger partial charge on any atom is 0.145 e. The molecule has 0 unspecified atom stereocenters. The Morgan fingerprint density at radius 3 is 2.44 bits per heavy atom. The van der Waals surface area contributed by atoms with Gasteiger partial charge in [-0.25, -0.2) is 4.39 Å². The standard InChI is InChI=1S/C19H27FN4O/c1-18(2,3)24-9-7-19(20,8-10-24)13-5-6-14(16(11-13)25-4)15-12-17(21)23-22-15/h5-6,11-12H,7-10H2,1-4H3,(H3,21,22,23). The number of benzene rings is 1. The minimum Gasteiger partial charge on any atom is -0.496 e. The fraction of sp³-hybridized carbons (Fsp3) is 0.526. The normalized spacial score (nSPS) is 18.3. The van der Waals surface area contributed by atoms with Crippen LogP contribution in [0, 0.1) is 0 Å². The van der Waals surface area contributed by atoms with Crippen molar-refractivity contribution in [1.29, 1.82) is 0 Å². The molecule has 3 N–H and O–H groups in total. The maximum absolute atomic E-state index is 15.6. The van der Waals surface area contributed by atoms with Crippen molar-refractivity contribution in [1.82, 2.24) is 15.1 Å². The lowest BCUT2D eigenvalue weighted by Crippen LogP contribution is -2.49. The Labute approximate surface area is 148 Å². The summed E-state index contributed by atoms with van der Waals surface area (Å²) in [7, 11) is 1.59. The van der Waals surface area contributed by atoms with Crippen LogP contribution in [0.3, 0.4) is 0 Å². The summed E-state index contributed by atoms with van der Waals surface area (Å²) >= 11 is 0. The molecule has 0 bridgehead atoms. The highest BCUT2D eigenvalue weighted by atomic mass is 19.1. The van der Waals surface area contributed by atoms with Crippen LogP contribution in [0.25, 0.3) is 11.3 Å². The molecule has 3 rings (SSSR count). The number of aromatic nitrogens is 2. The van der Waals surface area contributed by atoms with Gasteiger partial charge in [0.15, 0.2) is 0 Å². The van der Waals surface area contributed by atoms with Gasteiger partial charge in [-0.2, -0.15) is 5.10 Å². The van der Waals surface area contributed by atoms with Crippen molar-refractivity contribution in [3.05, 3.63) is 29.8 Å². The Hall–Kier alpha value is -2.08. The summed E-state index contributed by atoms with van der Waals surface area (Å²) in [6, 6.07) is 7.27. The first kappa shape index (κ1) is 17.7. The van der Waals surface area contributed by atoms with E-state index in [1.165, 1.54) is 0 Å². The van der Waals surface area contributed by atoms with Crippen molar-refractivity contribution in [2.24, 2.45) is 0 Å². The lowest BCUT2D eigenvalue weighted by atomic mass is 9.84. The van der Waals surface area contributed by atoms with Crippen molar-refractivity contribution in [3.8, 4) is 17.0 Å². The first-order valence-corrected chi connectivity index (χ1v) is 8.67. The van der Waals surface area contributed by atoms with Gasteiger partial charge in [-0.3, -0.25) is 10.00 Å². The Morgan fingerprint density at radius 1 is 1.24 bits per heavy atom. The molecule has 2 aromatic rings. The average molecular weight is 346 g/mol. The van der Waals surface area contributed by atoms with E-state index in [4.69, 9.17) is 10.5 Å². The topological polar surface area (TPSA) is 67.2 Å². The molecule has 25 heavy (non-hydrogen) atoms. The first-order valence-electron chi connectivity index (χ1n) is 8.67. The predicted octanol–water partition coefficient (Wildman–Crippen LogP) is 3.73. The third kappa shape index (κ3) is 3.49. The third-order valence-corrected chi connectivity index (χ3v) is 5.11. The minimum absolute atomic E-state index is 0.0728. The molecule has 0 atom stereocenters. The van der Waals surface area contributed by atoms with E-state index in [1.54, 1.807) is 19.2 Å². The number of hydrogen-bond acceptors (Lipinski definition) is 4. The maximum atomic E-state index is 15.6. The monoisotopic (exact) mass is 346 g/mol. The van der Waals surface area contributed by atoms with Crippen LogP contribution in [0.2, 0.25) is 0 Å². The minimum atomic E-state index is -1.32. The zero-order valence-corrected chi connectivity index (χ0v) is 15.4. The lowest BCUT2D eigenvalue weighted by molar-refractivity contribution is 0.0148. The van der Waals surface area contributed by atoms with Crippen molar-refractivity contribution in [2.75, 3.05) is 25.9 Å². The molecule has 136 valence electrons. The summed E-state index contributed by atoms with van der Waals surface area (Å²) in [6.07, 6.45) is 0.980. The van der Waals surface area contributed by atoms with E-state index >= 15 is 4.39 Å². The molecule has 0 spiro atoms. The number of anilines is 1. The quantitative estimate of drug-likeness (QED) is 0.889. The zero-order valence-electron chi connectivity index (χ0n) is 15.4. The molecular formula is C19H27FN4O. The van der Waals surface area contributed by atoms with E-state index < -0.39 is 5.67 Å². The van der Waals surface area contributed by atoms with Gasteiger partial charge in [0.1, 0.15) is 17.2 Å². The Morgan fingerprint density at radius 2 is 1.92 bits per heavy atom. The fourth-order valence-electron chi connectivity index (χ4n) is 3.49. The number of nitrogen functional groups attached to an aromatic ring is 1. The van der Waals surface area contributed by atoms with Crippen LogP contribution >= 0.6 is 0 Å². The van der Waals surface area contributed by atoms with E-state index in [0.29, 0.717) is 30.0 Å². The van der Waals surface area contributed by atoms with Gasteiger partial charge < -0.3 is 10.5 Å². The van der Waals surface area contributed by atoms with Gasteiger partial charge in [0.2, 0.25) is 0 Å². The molecule has 1 aromatic heterocycles. The SMILES string of the molecule is COc1cc(C2(F)CCN(C(C)(C)C)CC2)ccc1-c1cc(N)n[nH]1. The average Bonchev–Trinajstić information content (AvgIpc) is 3.00. The van der Waals surface area contributed by atoms with Crippen LogP contribution < -0.4 is 10.5 Å².